The summed E-state index contributed by atoms with van der Waals surface area (Å²) in [6.07, 6.45) is 0. The Hall–Kier alpha value is -2.29. The van der Waals surface area contributed by atoms with Crippen molar-refractivity contribution in [3.63, 3.8) is 0 Å². The predicted octanol–water partition coefficient (Wildman–Crippen LogP) is 2.43. The van der Waals surface area contributed by atoms with E-state index < -0.39 is 5.97 Å². The first kappa shape index (κ1) is 11.2. The number of carboxylic acids is 1. The lowest BCUT2D eigenvalue weighted by molar-refractivity contribution is -0.268. The van der Waals surface area contributed by atoms with Crippen molar-refractivity contribution in [3.05, 3.63) is 53.6 Å². The number of carboxylic acid groups (broad SMARTS) is 1. The molecule has 0 aromatic heterocycles. The minimum Gasteiger partial charge on any atom is -0.872 e. The second-order valence-electron chi connectivity index (χ2n) is 3.86. The summed E-state index contributed by atoms with van der Waals surface area (Å²) in [5.41, 5.74) is 3.00. The van der Waals surface area contributed by atoms with Gasteiger partial charge in [-0.1, -0.05) is 30.3 Å². The van der Waals surface area contributed by atoms with Crippen LogP contribution in [0.5, 0.6) is 5.75 Å². The molecular formula is C14H11O3-. The number of benzene rings is 2. The maximum absolute atomic E-state index is 11.0. The van der Waals surface area contributed by atoms with Crippen molar-refractivity contribution < 1.29 is 15.0 Å². The fourth-order valence-corrected chi connectivity index (χ4v) is 1.76. The summed E-state index contributed by atoms with van der Waals surface area (Å²) in [5, 5.41) is 19.9. The van der Waals surface area contributed by atoms with Gasteiger partial charge in [-0.2, -0.15) is 0 Å². The molecule has 0 atom stereocenters. The Morgan fingerprint density at radius 3 is 2.29 bits per heavy atom. The molecule has 0 heterocycles. The zero-order valence-electron chi connectivity index (χ0n) is 9.31. The van der Waals surface area contributed by atoms with E-state index in [1.54, 1.807) is 30.3 Å². The minimum absolute atomic E-state index is 0.0337. The zero-order valence-corrected chi connectivity index (χ0v) is 9.31. The van der Waals surface area contributed by atoms with Gasteiger partial charge in [-0.25, -0.2) is 4.79 Å². The van der Waals surface area contributed by atoms with Crippen molar-refractivity contribution in [2.75, 3.05) is 0 Å². The second-order valence-corrected chi connectivity index (χ2v) is 3.86. The summed E-state index contributed by atoms with van der Waals surface area (Å²) in [4.78, 5) is 10.8. The molecule has 0 saturated carbocycles. The Kier molecular flexibility index (Phi) is 2.83. The Labute approximate surface area is 99.0 Å². The van der Waals surface area contributed by atoms with Crippen molar-refractivity contribution in [1.82, 2.24) is 0 Å². The van der Waals surface area contributed by atoms with E-state index in [1.807, 2.05) is 6.92 Å². The fourth-order valence-electron chi connectivity index (χ4n) is 1.76. The first-order valence-electron chi connectivity index (χ1n) is 5.19. The quantitative estimate of drug-likeness (QED) is 0.857. The van der Waals surface area contributed by atoms with Gasteiger partial charge < -0.3 is 10.2 Å². The molecule has 0 aliphatic carbocycles. The van der Waals surface area contributed by atoms with Crippen LogP contribution in [0.15, 0.2) is 42.5 Å². The molecule has 0 bridgehead atoms. The van der Waals surface area contributed by atoms with Gasteiger partial charge in [0.25, 0.3) is 0 Å². The van der Waals surface area contributed by atoms with E-state index in [4.69, 9.17) is 5.11 Å². The van der Waals surface area contributed by atoms with Crippen LogP contribution in [0.4, 0.5) is 0 Å². The van der Waals surface area contributed by atoms with Crippen LogP contribution in [-0.2, 0) is 0 Å². The van der Waals surface area contributed by atoms with Crippen LogP contribution in [0.25, 0.3) is 11.1 Å². The van der Waals surface area contributed by atoms with E-state index in [0.717, 1.165) is 16.7 Å². The Morgan fingerprint density at radius 2 is 1.76 bits per heavy atom. The van der Waals surface area contributed by atoms with E-state index in [2.05, 4.69) is 0 Å². The summed E-state index contributed by atoms with van der Waals surface area (Å²) in [7, 11) is 0. The Morgan fingerprint density at radius 1 is 1.12 bits per heavy atom. The van der Waals surface area contributed by atoms with Gasteiger partial charge in [-0.15, -0.1) is 5.75 Å². The predicted molar refractivity (Wildman–Crippen MR) is 63.0 cm³/mol. The van der Waals surface area contributed by atoms with Crippen LogP contribution < -0.4 is 5.11 Å². The average Bonchev–Trinajstić information content (AvgIpc) is 2.30. The molecule has 0 saturated heterocycles. The van der Waals surface area contributed by atoms with Crippen LogP contribution in [-0.4, -0.2) is 11.1 Å². The molecule has 17 heavy (non-hydrogen) atoms. The monoisotopic (exact) mass is 227 g/mol. The molecule has 0 aliphatic rings. The lowest BCUT2D eigenvalue weighted by Gasteiger charge is -2.09. The molecule has 3 nitrogen and oxygen atoms in total. The topological polar surface area (TPSA) is 60.4 Å². The van der Waals surface area contributed by atoms with Crippen LogP contribution >= 0.6 is 0 Å². The summed E-state index contributed by atoms with van der Waals surface area (Å²) in [6.45, 7) is 1.85. The summed E-state index contributed by atoms with van der Waals surface area (Å²) >= 11 is 0. The van der Waals surface area contributed by atoms with Gasteiger partial charge >= 0.3 is 5.97 Å². The zero-order chi connectivity index (χ0) is 12.4. The van der Waals surface area contributed by atoms with Gasteiger partial charge in [0.2, 0.25) is 0 Å². The first-order valence-corrected chi connectivity index (χ1v) is 5.19. The number of aromatic carboxylic acids is 1. The van der Waals surface area contributed by atoms with Crippen LogP contribution in [0.3, 0.4) is 0 Å². The molecular weight excluding hydrogens is 216 g/mol. The van der Waals surface area contributed by atoms with E-state index in [9.17, 15) is 9.90 Å². The highest BCUT2D eigenvalue weighted by molar-refractivity contribution is 5.89. The van der Waals surface area contributed by atoms with Crippen molar-refractivity contribution >= 4 is 5.97 Å². The van der Waals surface area contributed by atoms with Crippen molar-refractivity contribution in [2.24, 2.45) is 0 Å². The fraction of sp³-hybridized carbons (Fsp3) is 0.0714. The van der Waals surface area contributed by atoms with E-state index in [0.29, 0.717) is 0 Å². The SMILES string of the molecule is Cc1cc(C(=O)O)ccc1-c1ccc([O-])cc1. The minimum atomic E-state index is -0.936. The molecule has 1 N–H and O–H groups in total. The Balaban J connectivity index is 2.46. The van der Waals surface area contributed by atoms with E-state index in [-0.39, 0.29) is 11.3 Å². The van der Waals surface area contributed by atoms with Crippen molar-refractivity contribution in [2.45, 2.75) is 6.92 Å². The maximum atomic E-state index is 11.0. The number of hydrogen-bond donors (Lipinski definition) is 1. The van der Waals surface area contributed by atoms with Gasteiger partial charge in [0.05, 0.1) is 5.56 Å². The van der Waals surface area contributed by atoms with Gasteiger partial charge in [-0.05, 0) is 35.7 Å². The number of rotatable bonds is 2. The van der Waals surface area contributed by atoms with Gasteiger partial charge in [0.15, 0.2) is 0 Å². The smallest absolute Gasteiger partial charge is 0.335 e. The average molecular weight is 227 g/mol. The van der Waals surface area contributed by atoms with Gasteiger partial charge in [0.1, 0.15) is 0 Å². The normalized spacial score (nSPS) is 10.2. The molecule has 86 valence electrons. The molecule has 0 amide bonds. The molecule has 0 spiro atoms. The number of hydrogen-bond acceptors (Lipinski definition) is 2. The van der Waals surface area contributed by atoms with Crippen LogP contribution in [0.1, 0.15) is 15.9 Å². The standard InChI is InChI=1S/C14H12O3/c1-9-8-11(14(16)17)4-7-13(9)10-2-5-12(15)6-3-10/h2-8,15H,1H3,(H,16,17)/p-1. The third kappa shape index (κ3) is 2.28. The summed E-state index contributed by atoms with van der Waals surface area (Å²) in [5.74, 6) is -0.969. The molecule has 2 aromatic rings. The second kappa shape index (κ2) is 4.29. The largest absolute Gasteiger partial charge is 0.872 e. The van der Waals surface area contributed by atoms with E-state index in [1.165, 1.54) is 12.1 Å². The molecule has 0 aliphatic heterocycles. The first-order chi connectivity index (χ1) is 8.08. The third-order valence-electron chi connectivity index (χ3n) is 2.64. The van der Waals surface area contributed by atoms with Crippen LogP contribution in [0.2, 0.25) is 0 Å². The van der Waals surface area contributed by atoms with Crippen LogP contribution in [0, 0.1) is 6.92 Å². The maximum Gasteiger partial charge on any atom is 0.335 e. The highest BCUT2D eigenvalue weighted by atomic mass is 16.4. The van der Waals surface area contributed by atoms with E-state index >= 15 is 0 Å². The lowest BCUT2D eigenvalue weighted by Crippen LogP contribution is -1.97. The number of carbonyl (C=O) groups is 1. The van der Waals surface area contributed by atoms with Gasteiger partial charge in [-0.3, -0.25) is 0 Å². The van der Waals surface area contributed by atoms with Gasteiger partial charge in [0, 0.05) is 0 Å². The van der Waals surface area contributed by atoms with Crippen molar-refractivity contribution in [3.8, 4) is 16.9 Å². The lowest BCUT2D eigenvalue weighted by atomic mass is 9.98. The summed E-state index contributed by atoms with van der Waals surface area (Å²) < 4.78 is 0. The molecule has 2 aromatic carbocycles. The molecule has 0 unspecified atom stereocenters. The third-order valence-corrected chi connectivity index (χ3v) is 2.64. The molecule has 3 heteroatoms. The highest BCUT2D eigenvalue weighted by Crippen LogP contribution is 2.25. The van der Waals surface area contributed by atoms with Crippen molar-refractivity contribution in [1.29, 1.82) is 0 Å². The Bertz CT molecular complexity index is 556. The molecule has 0 radical (unpaired) electrons. The highest BCUT2D eigenvalue weighted by Gasteiger charge is 2.06. The molecule has 0 fully saturated rings. The number of aryl methyl sites for hydroxylation is 1. The summed E-state index contributed by atoms with van der Waals surface area (Å²) in [6, 6.07) is 11.4. The molecule has 2 rings (SSSR count).